The summed E-state index contributed by atoms with van der Waals surface area (Å²) in [7, 11) is 1.56. The van der Waals surface area contributed by atoms with Crippen LogP contribution in [0.25, 0.3) is 16.5 Å². The molecule has 0 saturated carbocycles. The number of morpholine rings is 1. The Labute approximate surface area is 192 Å². The van der Waals surface area contributed by atoms with Gasteiger partial charge in [-0.3, -0.25) is 4.79 Å². The molecule has 0 aliphatic carbocycles. The van der Waals surface area contributed by atoms with E-state index in [1.165, 1.54) is 0 Å². The first-order chi connectivity index (χ1) is 14.7. The van der Waals surface area contributed by atoms with Gasteiger partial charge in [-0.15, -0.1) is 11.6 Å². The number of amides is 1. The number of carbonyl (C=O) groups is 1. The van der Waals surface area contributed by atoms with E-state index in [-0.39, 0.29) is 28.7 Å². The smallest absolute Gasteiger partial charge is 0.855 e. The molecule has 0 bridgehead atoms. The summed E-state index contributed by atoms with van der Waals surface area (Å²) in [5.41, 5.74) is 3.27. The van der Waals surface area contributed by atoms with Crippen LogP contribution in [0.2, 0.25) is 0 Å². The van der Waals surface area contributed by atoms with Crippen LogP contribution in [0.4, 0.5) is 0 Å². The summed E-state index contributed by atoms with van der Waals surface area (Å²) in [6, 6.07) is 16.4. The molecule has 1 aromatic heterocycles. The number of pyridine rings is 1. The molecule has 1 saturated heterocycles. The Morgan fingerprint density at radius 2 is 1.87 bits per heavy atom. The maximum Gasteiger partial charge on any atom is 2.00 e. The van der Waals surface area contributed by atoms with Crippen molar-refractivity contribution in [3.8, 4) is 16.9 Å². The molecule has 7 heteroatoms. The molecule has 0 spiro atoms. The van der Waals surface area contributed by atoms with Crippen LogP contribution in [-0.4, -0.2) is 54.9 Å². The second-order valence-corrected chi connectivity index (χ2v) is 6.92. The predicted molar refractivity (Wildman–Crippen MR) is 115 cm³/mol. The number of ether oxygens (including phenoxy) is 2. The van der Waals surface area contributed by atoms with Gasteiger partial charge < -0.3 is 24.8 Å². The molecule has 1 amide bonds. The van der Waals surface area contributed by atoms with Crippen molar-refractivity contribution in [1.29, 1.82) is 0 Å². The van der Waals surface area contributed by atoms with Gasteiger partial charge in [-0.2, -0.15) is 0 Å². The molecular formula is C24H21MnN3O3. The van der Waals surface area contributed by atoms with Crippen LogP contribution in [0.3, 0.4) is 0 Å². The van der Waals surface area contributed by atoms with Gasteiger partial charge in [-0.25, -0.2) is 5.71 Å². The molecular weight excluding hydrogens is 433 g/mol. The number of aromatic nitrogens is 1. The average Bonchev–Trinajstić information content (AvgIpc) is 2.83. The number of methoxy groups -OCH3 is 1. The van der Waals surface area contributed by atoms with Crippen LogP contribution < -0.4 is 4.74 Å². The van der Waals surface area contributed by atoms with Crippen molar-refractivity contribution in [3.63, 3.8) is 0 Å². The van der Waals surface area contributed by atoms with Crippen molar-refractivity contribution in [2.24, 2.45) is 0 Å². The molecule has 3 aromatic rings. The number of nitrogens with zero attached hydrogens (tertiary/aromatic N) is 3. The zero-order valence-corrected chi connectivity index (χ0v) is 18.2. The summed E-state index contributed by atoms with van der Waals surface area (Å²) < 4.78 is 10.7. The van der Waals surface area contributed by atoms with E-state index in [9.17, 15) is 10.2 Å². The van der Waals surface area contributed by atoms with Gasteiger partial charge in [0.05, 0.1) is 20.3 Å². The molecule has 1 aliphatic heterocycles. The summed E-state index contributed by atoms with van der Waals surface area (Å²) in [6.45, 7) is 2.31. The second-order valence-electron chi connectivity index (χ2n) is 6.92. The maximum atomic E-state index is 12.8. The van der Waals surface area contributed by atoms with Gasteiger partial charge in [0.25, 0.3) is 5.91 Å². The molecule has 1 aliphatic rings. The molecule has 0 atom stereocenters. The summed E-state index contributed by atoms with van der Waals surface area (Å²) in [6.07, 6.45) is 4.50. The van der Waals surface area contributed by atoms with E-state index >= 15 is 0 Å². The third-order valence-corrected chi connectivity index (χ3v) is 5.05. The number of carbonyl (C=O) groups excluding carboxylic acids is 1. The van der Waals surface area contributed by atoms with Gasteiger partial charge >= 0.3 is 17.1 Å². The number of benzene rings is 2. The number of rotatable bonds is 5. The van der Waals surface area contributed by atoms with E-state index in [4.69, 9.17) is 9.47 Å². The molecule has 0 unspecified atom stereocenters. The predicted octanol–water partition coefficient (Wildman–Crippen LogP) is 3.43. The maximum absolute atomic E-state index is 12.8. The summed E-state index contributed by atoms with van der Waals surface area (Å²) >= 11 is 0. The minimum absolute atomic E-state index is 0. The number of hydrogen-bond acceptors (Lipinski definition) is 4. The van der Waals surface area contributed by atoms with E-state index in [1.54, 1.807) is 36.4 Å². The standard InChI is InChI=1S/C24H21N3O3.Mn/c1-29-22-8-3-2-7-21(22)23(25)20-14-19(15-26-16-20)17-5-4-6-18(13-17)24(28)27-9-11-30-12-10-27;/h2-8,13-15H,9-12H2,1H3;/q-2;+2. The molecule has 2 aromatic carbocycles. The Balaban J connectivity index is 0.00000272. The normalized spacial score (nSPS) is 13.3. The van der Waals surface area contributed by atoms with Crippen molar-refractivity contribution >= 4 is 11.6 Å². The van der Waals surface area contributed by atoms with Gasteiger partial charge in [0.1, 0.15) is 5.75 Å². The molecule has 31 heavy (non-hydrogen) atoms. The minimum atomic E-state index is -0.0146. The molecule has 6 nitrogen and oxygen atoms in total. The second kappa shape index (κ2) is 10.4. The molecule has 4 rings (SSSR count). The van der Waals surface area contributed by atoms with Crippen LogP contribution >= 0.6 is 0 Å². The zero-order chi connectivity index (χ0) is 20.9. The van der Waals surface area contributed by atoms with E-state index in [1.807, 2.05) is 36.4 Å². The SMILES string of the molecule is COc1ccccc1C(=[N-])c1[c-]ncc(-c2cccc(C(=O)N3CCOCC3)c2)c1.[Mn+2]. The summed E-state index contributed by atoms with van der Waals surface area (Å²) in [5.74, 6) is 0.547. The zero-order valence-electron chi connectivity index (χ0n) is 17.0. The van der Waals surface area contributed by atoms with Gasteiger partial charge in [0.15, 0.2) is 0 Å². The Hall–Kier alpha value is -2.99. The first kappa shape index (κ1) is 22.7. The molecule has 1 radical (unpaired) electrons. The Morgan fingerprint density at radius 3 is 2.65 bits per heavy atom. The van der Waals surface area contributed by atoms with Crippen LogP contribution in [0.15, 0.2) is 60.8 Å². The Bertz CT molecular complexity index is 1080. The molecule has 0 N–H and O–H groups in total. The number of hydrogen-bond donors (Lipinski definition) is 0. The van der Waals surface area contributed by atoms with Crippen LogP contribution in [0.5, 0.6) is 5.75 Å². The van der Waals surface area contributed by atoms with E-state index in [2.05, 4.69) is 11.2 Å². The van der Waals surface area contributed by atoms with E-state index < -0.39 is 0 Å². The molecule has 2 heterocycles. The minimum Gasteiger partial charge on any atom is -0.855 e. The topological polar surface area (TPSA) is 74.0 Å². The van der Waals surface area contributed by atoms with Crippen LogP contribution in [-0.2, 0) is 21.8 Å². The van der Waals surface area contributed by atoms with Crippen LogP contribution in [0.1, 0.15) is 21.5 Å². The first-order valence-corrected chi connectivity index (χ1v) is 9.72. The van der Waals surface area contributed by atoms with Gasteiger partial charge in [-0.1, -0.05) is 35.9 Å². The largest absolute Gasteiger partial charge is 2.00 e. The van der Waals surface area contributed by atoms with Crippen molar-refractivity contribution in [2.75, 3.05) is 33.4 Å². The fourth-order valence-corrected chi connectivity index (χ4v) is 3.44. The van der Waals surface area contributed by atoms with E-state index in [0.717, 1.165) is 11.1 Å². The van der Waals surface area contributed by atoms with Crippen molar-refractivity contribution in [2.45, 2.75) is 0 Å². The monoisotopic (exact) mass is 454 g/mol. The third kappa shape index (κ3) is 5.02. The van der Waals surface area contributed by atoms with Gasteiger partial charge in [0.2, 0.25) is 0 Å². The van der Waals surface area contributed by atoms with Gasteiger partial charge in [0, 0.05) is 18.7 Å². The van der Waals surface area contributed by atoms with Crippen molar-refractivity contribution in [3.05, 3.63) is 89.1 Å². The van der Waals surface area contributed by atoms with Crippen molar-refractivity contribution in [1.82, 2.24) is 9.88 Å². The Kier molecular flexibility index (Phi) is 7.58. The first-order valence-electron chi connectivity index (χ1n) is 9.72. The summed E-state index contributed by atoms with van der Waals surface area (Å²) in [5, 5.41) is 10.8. The Morgan fingerprint density at radius 1 is 1.10 bits per heavy atom. The third-order valence-electron chi connectivity index (χ3n) is 5.05. The summed E-state index contributed by atoms with van der Waals surface area (Å²) in [4.78, 5) is 18.8. The molecule has 157 valence electrons. The molecule has 1 fully saturated rings. The fourth-order valence-electron chi connectivity index (χ4n) is 3.44. The van der Waals surface area contributed by atoms with Crippen LogP contribution in [0, 0.1) is 6.20 Å². The van der Waals surface area contributed by atoms with E-state index in [0.29, 0.717) is 48.7 Å². The van der Waals surface area contributed by atoms with Gasteiger partial charge in [-0.05, 0) is 41.7 Å². The fraction of sp³-hybridized carbons (Fsp3) is 0.208. The average molecular weight is 454 g/mol. The van der Waals surface area contributed by atoms with Crippen molar-refractivity contribution < 1.29 is 31.3 Å². The number of para-hydroxylation sites is 1. The quantitative estimate of drug-likeness (QED) is 0.336.